The van der Waals surface area contributed by atoms with Gasteiger partial charge in [-0.2, -0.15) is 0 Å². The highest BCUT2D eigenvalue weighted by Gasteiger charge is 2.57. The van der Waals surface area contributed by atoms with Gasteiger partial charge in [0.2, 0.25) is 11.8 Å². The number of phenols is 1. The van der Waals surface area contributed by atoms with Crippen molar-refractivity contribution in [2.75, 3.05) is 25.2 Å². The molecule has 2 aromatic rings. The van der Waals surface area contributed by atoms with Crippen LogP contribution in [-0.4, -0.2) is 60.5 Å². The summed E-state index contributed by atoms with van der Waals surface area (Å²) in [5, 5.41) is 29.4. The average molecular weight is 559 g/mol. The molecule has 41 heavy (non-hydrogen) atoms. The number of allylic oxidation sites excluding steroid dienone is 1. The molecule has 8 nitrogen and oxygen atoms in total. The van der Waals surface area contributed by atoms with Crippen LogP contribution in [0.5, 0.6) is 5.75 Å². The molecule has 2 aromatic carbocycles. The minimum Gasteiger partial charge on any atom is -0.507 e. The minimum absolute atomic E-state index is 0.158. The van der Waals surface area contributed by atoms with Gasteiger partial charge in [-0.25, -0.2) is 0 Å². The molecule has 2 saturated heterocycles. The van der Waals surface area contributed by atoms with Gasteiger partial charge in [0.05, 0.1) is 36.8 Å². The van der Waals surface area contributed by atoms with E-state index in [0.717, 1.165) is 47.1 Å². The van der Waals surface area contributed by atoms with Crippen molar-refractivity contribution in [3.8, 4) is 5.75 Å². The number of carbonyl (C=O) groups is 2. The summed E-state index contributed by atoms with van der Waals surface area (Å²) in [5.41, 5.74) is 6.74. The highest BCUT2D eigenvalue weighted by atomic mass is 16.5. The van der Waals surface area contributed by atoms with Gasteiger partial charge in [0, 0.05) is 13.0 Å². The van der Waals surface area contributed by atoms with E-state index in [1.165, 1.54) is 16.5 Å². The number of anilines is 1. The summed E-state index contributed by atoms with van der Waals surface area (Å²) in [5.74, 6) is -1.42. The lowest BCUT2D eigenvalue weighted by Crippen LogP contribution is -2.36. The summed E-state index contributed by atoms with van der Waals surface area (Å²) in [6, 6.07) is 10.3. The fourth-order valence-corrected chi connectivity index (χ4v) is 6.83. The first kappa shape index (κ1) is 29.3. The minimum atomic E-state index is -1.69. The van der Waals surface area contributed by atoms with Crippen LogP contribution in [0.1, 0.15) is 49.3 Å². The molecule has 2 heterocycles. The number of phenolic OH excluding ortho intramolecular Hbond substituents is 1. The molecule has 2 aliphatic heterocycles. The molecule has 5 rings (SSSR count). The number of imide groups is 1. The summed E-state index contributed by atoms with van der Waals surface area (Å²) in [7, 11) is -0.0571. The van der Waals surface area contributed by atoms with E-state index in [1.54, 1.807) is 25.3 Å². The van der Waals surface area contributed by atoms with Crippen molar-refractivity contribution in [3.63, 3.8) is 0 Å². The second-order valence-corrected chi connectivity index (χ2v) is 11.4. The SMILES string of the molecule is CC/C(=C\c1cc(C)c(O)c(C)c1)CC[C@H]1OC[C@H]2C1=C(COC)C[C@H]1C(=O)N(c3cccc(B(O)O)c3)C(=O)[C@H]12. The van der Waals surface area contributed by atoms with Gasteiger partial charge in [-0.3, -0.25) is 14.5 Å². The number of aromatic hydroxyl groups is 1. The Bertz CT molecular complexity index is 1390. The van der Waals surface area contributed by atoms with Crippen LogP contribution in [0.4, 0.5) is 5.69 Å². The second-order valence-electron chi connectivity index (χ2n) is 11.4. The molecule has 0 saturated carbocycles. The standard InChI is InChI=1S/C32H38BNO7/c1-5-20(13-21-11-18(2)30(35)19(3)12-21)9-10-27-28-22(16-40-4)14-25-29(26(28)17-41-27)32(37)34(31(25)36)24-8-6-7-23(15-24)33(38)39/h6-8,11-13,15,25-27,29,35,38-39H,5,9-10,14,16-17H2,1-4H3/b20-13+/t25-,26+,27-,29-/m1/s1. The molecule has 0 unspecified atom stereocenters. The Hall–Kier alpha value is -3.24. The Morgan fingerprint density at radius 1 is 1.12 bits per heavy atom. The van der Waals surface area contributed by atoms with Crippen LogP contribution in [-0.2, 0) is 19.1 Å². The molecule has 9 heteroatoms. The molecule has 2 fully saturated rings. The number of rotatable bonds is 9. The first-order valence-electron chi connectivity index (χ1n) is 14.3. The first-order chi connectivity index (χ1) is 19.6. The van der Waals surface area contributed by atoms with Gasteiger partial charge in [0.1, 0.15) is 5.75 Å². The largest absolute Gasteiger partial charge is 0.507 e. The van der Waals surface area contributed by atoms with Crippen molar-refractivity contribution in [1.29, 1.82) is 0 Å². The number of amides is 2. The maximum atomic E-state index is 13.8. The molecule has 0 aromatic heterocycles. The zero-order valence-electron chi connectivity index (χ0n) is 24.1. The van der Waals surface area contributed by atoms with Crippen molar-refractivity contribution in [2.45, 2.75) is 52.6 Å². The third-order valence-corrected chi connectivity index (χ3v) is 8.82. The summed E-state index contributed by atoms with van der Waals surface area (Å²) in [6.45, 7) is 6.69. The number of carbonyl (C=O) groups excluding carboxylic acids is 2. The van der Waals surface area contributed by atoms with Gasteiger partial charge < -0.3 is 24.6 Å². The Labute approximate surface area is 241 Å². The molecule has 0 radical (unpaired) electrons. The molecule has 4 atom stereocenters. The number of hydrogen-bond acceptors (Lipinski definition) is 7. The van der Waals surface area contributed by atoms with E-state index in [4.69, 9.17) is 9.47 Å². The zero-order valence-corrected chi connectivity index (χ0v) is 24.1. The molecule has 0 bridgehead atoms. The topological polar surface area (TPSA) is 117 Å². The fourth-order valence-electron chi connectivity index (χ4n) is 6.83. The number of benzene rings is 2. The van der Waals surface area contributed by atoms with E-state index in [-0.39, 0.29) is 29.3 Å². The molecule has 3 aliphatic rings. The molecular formula is C32H38BNO7. The van der Waals surface area contributed by atoms with E-state index in [0.29, 0.717) is 31.1 Å². The van der Waals surface area contributed by atoms with E-state index >= 15 is 0 Å². The van der Waals surface area contributed by atoms with Gasteiger partial charge >= 0.3 is 7.12 Å². The number of aryl methyl sites for hydroxylation is 2. The maximum Gasteiger partial charge on any atom is 0.488 e. The molecule has 1 aliphatic carbocycles. The third kappa shape index (κ3) is 5.51. The number of hydrogen-bond donors (Lipinski definition) is 3. The van der Waals surface area contributed by atoms with Crippen molar-refractivity contribution in [1.82, 2.24) is 0 Å². The summed E-state index contributed by atoms with van der Waals surface area (Å²) < 4.78 is 11.9. The lowest BCUT2D eigenvalue weighted by Gasteiger charge is -2.31. The molecule has 3 N–H and O–H groups in total. The molecule has 2 amide bonds. The predicted molar refractivity (Wildman–Crippen MR) is 158 cm³/mol. The molecule has 0 spiro atoms. The monoisotopic (exact) mass is 559 g/mol. The van der Waals surface area contributed by atoms with Crippen molar-refractivity contribution >= 4 is 36.2 Å². The van der Waals surface area contributed by atoms with Crippen LogP contribution < -0.4 is 10.4 Å². The van der Waals surface area contributed by atoms with Gasteiger partial charge in [0.15, 0.2) is 0 Å². The highest BCUT2D eigenvalue weighted by Crippen LogP contribution is 2.50. The zero-order chi connectivity index (χ0) is 29.4. The van der Waals surface area contributed by atoms with Crippen LogP contribution in [0.15, 0.2) is 53.1 Å². The van der Waals surface area contributed by atoms with Crippen molar-refractivity contribution < 1.29 is 34.2 Å². The van der Waals surface area contributed by atoms with Crippen molar-refractivity contribution in [3.05, 3.63) is 69.8 Å². The van der Waals surface area contributed by atoms with E-state index in [2.05, 4.69) is 13.0 Å². The van der Waals surface area contributed by atoms with Gasteiger partial charge in [-0.1, -0.05) is 30.7 Å². The lowest BCUT2D eigenvalue weighted by molar-refractivity contribution is -0.122. The fraction of sp³-hybridized carbons (Fsp3) is 0.438. The molecule has 216 valence electrons. The van der Waals surface area contributed by atoms with Gasteiger partial charge in [-0.05, 0) is 97.1 Å². The summed E-state index contributed by atoms with van der Waals surface area (Å²) >= 11 is 0. The van der Waals surface area contributed by atoms with Gasteiger partial charge in [0.25, 0.3) is 0 Å². The van der Waals surface area contributed by atoms with Crippen molar-refractivity contribution in [2.24, 2.45) is 17.8 Å². The predicted octanol–water partition coefficient (Wildman–Crippen LogP) is 3.43. The van der Waals surface area contributed by atoms with E-state index in [1.807, 2.05) is 26.0 Å². The Kier molecular flexibility index (Phi) is 8.52. The Morgan fingerprint density at radius 3 is 2.51 bits per heavy atom. The van der Waals surface area contributed by atoms with Crippen LogP contribution in [0.25, 0.3) is 6.08 Å². The number of methoxy groups -OCH3 is 1. The quantitative estimate of drug-likeness (QED) is 0.245. The Balaban J connectivity index is 1.38. The summed E-state index contributed by atoms with van der Waals surface area (Å²) in [6.07, 6.45) is 4.92. The lowest BCUT2D eigenvalue weighted by atomic mass is 9.69. The van der Waals surface area contributed by atoms with Crippen LogP contribution >= 0.6 is 0 Å². The Morgan fingerprint density at radius 2 is 1.85 bits per heavy atom. The summed E-state index contributed by atoms with van der Waals surface area (Å²) in [4.78, 5) is 28.6. The first-order valence-corrected chi connectivity index (χ1v) is 14.3. The maximum absolute atomic E-state index is 13.8. The number of nitrogens with zero attached hydrogens (tertiary/aromatic N) is 1. The van der Waals surface area contributed by atoms with Crippen LogP contribution in [0.3, 0.4) is 0 Å². The van der Waals surface area contributed by atoms with E-state index < -0.39 is 19.0 Å². The van der Waals surface area contributed by atoms with Crippen LogP contribution in [0.2, 0.25) is 0 Å². The number of fused-ring (bicyclic) bond motifs is 3. The number of ether oxygens (including phenoxy) is 2. The third-order valence-electron chi connectivity index (χ3n) is 8.82. The highest BCUT2D eigenvalue weighted by molar-refractivity contribution is 6.58. The smallest absolute Gasteiger partial charge is 0.488 e. The van der Waals surface area contributed by atoms with Gasteiger partial charge in [-0.15, -0.1) is 0 Å². The second kappa shape index (κ2) is 11.9. The average Bonchev–Trinajstić information content (AvgIpc) is 3.48. The van der Waals surface area contributed by atoms with E-state index in [9.17, 15) is 24.7 Å². The normalized spacial score (nSPS) is 24.2. The molecular weight excluding hydrogens is 521 g/mol. The van der Waals surface area contributed by atoms with Crippen LogP contribution in [0, 0.1) is 31.6 Å².